The molecule has 0 aromatic heterocycles. The van der Waals surface area contributed by atoms with Crippen LogP contribution in [-0.2, 0) is 5.41 Å². The molecule has 0 bridgehead atoms. The minimum Gasteiger partial charge on any atom is -0.309 e. The van der Waals surface area contributed by atoms with Gasteiger partial charge in [0, 0.05) is 22.1 Å². The minimum absolute atomic E-state index is 0.170. The zero-order valence-electron chi connectivity index (χ0n) is 27.0. The van der Waals surface area contributed by atoms with E-state index in [9.17, 15) is 0 Å². The molecule has 0 amide bonds. The molecule has 1 heteroatoms. The number of nitrogens with zero attached hydrogens (tertiary/aromatic N) is 1. The van der Waals surface area contributed by atoms with Gasteiger partial charge in [0.2, 0.25) is 0 Å². The van der Waals surface area contributed by atoms with Crippen molar-refractivity contribution in [3.63, 3.8) is 0 Å². The third-order valence-electron chi connectivity index (χ3n) is 10.7. The Bertz CT molecular complexity index is 2570. The van der Waals surface area contributed by atoms with Gasteiger partial charge in [-0.1, -0.05) is 141 Å². The molecule has 0 saturated heterocycles. The van der Waals surface area contributed by atoms with Crippen LogP contribution in [0.25, 0.3) is 66.1 Å². The topological polar surface area (TPSA) is 3.24 Å². The van der Waals surface area contributed by atoms with Crippen molar-refractivity contribution in [3.05, 3.63) is 175 Å². The monoisotopic (exact) mass is 611 g/mol. The van der Waals surface area contributed by atoms with E-state index in [2.05, 4.69) is 183 Å². The summed E-state index contributed by atoms with van der Waals surface area (Å²) in [7, 11) is 0. The molecule has 0 N–H and O–H groups in total. The quantitative estimate of drug-likeness (QED) is 0.191. The van der Waals surface area contributed by atoms with Crippen LogP contribution in [0, 0.1) is 0 Å². The molecule has 8 aromatic carbocycles. The van der Waals surface area contributed by atoms with Gasteiger partial charge >= 0.3 is 0 Å². The largest absolute Gasteiger partial charge is 0.309 e. The molecular weight excluding hydrogens is 579 g/mol. The fourth-order valence-corrected chi connectivity index (χ4v) is 8.48. The van der Waals surface area contributed by atoms with Crippen LogP contribution in [0.3, 0.4) is 0 Å². The molecule has 2 aliphatic carbocycles. The molecule has 226 valence electrons. The Balaban J connectivity index is 1.28. The third-order valence-corrected chi connectivity index (χ3v) is 10.7. The van der Waals surface area contributed by atoms with Crippen LogP contribution in [0.15, 0.2) is 164 Å². The summed E-state index contributed by atoms with van der Waals surface area (Å²) >= 11 is 0. The van der Waals surface area contributed by atoms with Crippen molar-refractivity contribution in [1.29, 1.82) is 0 Å². The van der Waals surface area contributed by atoms with Crippen LogP contribution in [0.5, 0.6) is 0 Å². The minimum atomic E-state index is -0.170. The Morgan fingerprint density at radius 1 is 0.438 bits per heavy atom. The van der Waals surface area contributed by atoms with Crippen LogP contribution >= 0.6 is 0 Å². The van der Waals surface area contributed by atoms with Gasteiger partial charge in [-0.3, -0.25) is 0 Å². The molecule has 10 rings (SSSR count). The maximum Gasteiger partial charge on any atom is 0.0625 e. The number of anilines is 3. The van der Waals surface area contributed by atoms with Gasteiger partial charge < -0.3 is 4.90 Å². The van der Waals surface area contributed by atoms with Crippen LogP contribution < -0.4 is 4.90 Å². The molecule has 0 fully saturated rings. The van der Waals surface area contributed by atoms with Gasteiger partial charge in [0.25, 0.3) is 0 Å². The number of rotatable bonds is 4. The first-order valence-corrected chi connectivity index (χ1v) is 16.9. The Kier molecular flexibility index (Phi) is 5.69. The highest BCUT2D eigenvalue weighted by Crippen LogP contribution is 2.60. The third kappa shape index (κ3) is 3.79. The van der Waals surface area contributed by atoms with E-state index in [4.69, 9.17) is 0 Å². The van der Waals surface area contributed by atoms with Crippen molar-refractivity contribution >= 4 is 38.6 Å². The van der Waals surface area contributed by atoms with Gasteiger partial charge in [-0.05, 0) is 103 Å². The fourth-order valence-electron chi connectivity index (χ4n) is 8.48. The number of fused-ring (bicyclic) bond motifs is 9. The Hall–Kier alpha value is -5.92. The SMILES string of the molecule is CC1(C)c2ccccc2-c2cccc(N(c3ccc(-c4ccccc4)cc3)c3c4c(cc5ccccc35)-c3cc5ccccc5cc3-4)c21. The second-order valence-electron chi connectivity index (χ2n) is 13.7. The summed E-state index contributed by atoms with van der Waals surface area (Å²) in [5.41, 5.74) is 16.6. The molecule has 1 nitrogen and oxygen atoms in total. The number of benzene rings is 8. The molecular formula is C47H33N. The van der Waals surface area contributed by atoms with E-state index in [-0.39, 0.29) is 5.41 Å². The van der Waals surface area contributed by atoms with Crippen LogP contribution in [0.1, 0.15) is 25.0 Å². The predicted octanol–water partition coefficient (Wildman–Crippen LogP) is 13.1. The highest BCUT2D eigenvalue weighted by atomic mass is 15.2. The Labute approximate surface area is 281 Å². The molecule has 8 aromatic rings. The Morgan fingerprint density at radius 3 is 1.83 bits per heavy atom. The van der Waals surface area contributed by atoms with Crippen LogP contribution in [0.4, 0.5) is 17.1 Å². The zero-order chi connectivity index (χ0) is 32.0. The van der Waals surface area contributed by atoms with E-state index in [0.717, 1.165) is 5.69 Å². The molecule has 0 atom stereocenters. The van der Waals surface area contributed by atoms with E-state index in [0.29, 0.717) is 0 Å². The van der Waals surface area contributed by atoms with E-state index in [1.165, 1.54) is 88.6 Å². The van der Waals surface area contributed by atoms with Crippen molar-refractivity contribution in [2.75, 3.05) is 4.90 Å². The standard InChI is InChI=1S/C47H33N/c1-47(2)42-21-11-10-19-37(42)38-20-12-22-43(45(38)47)48(35-25-23-31(24-26-35)30-13-4-3-5-14-30)46-36-18-9-8-17-34(36)29-41-39-27-32-15-6-7-16-33(32)28-40(39)44(41)46/h3-29H,1-2H3. The molecule has 48 heavy (non-hydrogen) atoms. The molecule has 0 radical (unpaired) electrons. The second kappa shape index (κ2) is 10.0. The lowest BCUT2D eigenvalue weighted by Gasteiger charge is -2.37. The lowest BCUT2D eigenvalue weighted by Crippen LogP contribution is -2.22. The first kappa shape index (κ1) is 27.2. The van der Waals surface area contributed by atoms with Gasteiger partial charge in [0.1, 0.15) is 0 Å². The predicted molar refractivity (Wildman–Crippen MR) is 204 cm³/mol. The second-order valence-corrected chi connectivity index (χ2v) is 13.7. The van der Waals surface area contributed by atoms with E-state index < -0.39 is 0 Å². The van der Waals surface area contributed by atoms with Crippen LogP contribution in [-0.4, -0.2) is 0 Å². The molecule has 2 aliphatic rings. The molecule has 0 spiro atoms. The van der Waals surface area contributed by atoms with Gasteiger partial charge in [0.15, 0.2) is 0 Å². The van der Waals surface area contributed by atoms with E-state index in [1.54, 1.807) is 0 Å². The molecule has 0 heterocycles. The van der Waals surface area contributed by atoms with Gasteiger partial charge in [-0.15, -0.1) is 0 Å². The lowest BCUT2D eigenvalue weighted by molar-refractivity contribution is 0.661. The average Bonchev–Trinajstić information content (AvgIpc) is 3.38. The van der Waals surface area contributed by atoms with Crippen molar-refractivity contribution in [2.45, 2.75) is 19.3 Å². The number of hydrogen-bond acceptors (Lipinski definition) is 1. The maximum absolute atomic E-state index is 2.57. The molecule has 0 saturated carbocycles. The summed E-state index contributed by atoms with van der Waals surface area (Å²) < 4.78 is 0. The lowest BCUT2D eigenvalue weighted by atomic mass is 9.76. The first-order valence-electron chi connectivity index (χ1n) is 16.9. The summed E-state index contributed by atoms with van der Waals surface area (Å²) in [6.07, 6.45) is 0. The highest BCUT2D eigenvalue weighted by Gasteiger charge is 2.40. The summed E-state index contributed by atoms with van der Waals surface area (Å²) in [4.78, 5) is 2.57. The summed E-state index contributed by atoms with van der Waals surface area (Å²) in [6.45, 7) is 4.78. The van der Waals surface area contributed by atoms with E-state index in [1.807, 2.05) is 0 Å². The van der Waals surface area contributed by atoms with Gasteiger partial charge in [-0.2, -0.15) is 0 Å². The molecule has 0 aliphatic heterocycles. The summed E-state index contributed by atoms with van der Waals surface area (Å²) in [5.74, 6) is 0. The normalized spacial score (nSPS) is 13.4. The smallest absolute Gasteiger partial charge is 0.0625 e. The summed E-state index contributed by atoms with van der Waals surface area (Å²) in [5, 5.41) is 5.07. The van der Waals surface area contributed by atoms with Crippen molar-refractivity contribution < 1.29 is 0 Å². The summed E-state index contributed by atoms with van der Waals surface area (Å²) in [6, 6.07) is 60.5. The van der Waals surface area contributed by atoms with Crippen molar-refractivity contribution in [3.8, 4) is 44.5 Å². The average molecular weight is 612 g/mol. The number of hydrogen-bond donors (Lipinski definition) is 0. The van der Waals surface area contributed by atoms with Crippen LogP contribution in [0.2, 0.25) is 0 Å². The maximum atomic E-state index is 2.57. The van der Waals surface area contributed by atoms with E-state index >= 15 is 0 Å². The molecule has 0 unspecified atom stereocenters. The fraction of sp³-hybridized carbons (Fsp3) is 0.0638. The van der Waals surface area contributed by atoms with Gasteiger partial charge in [0.05, 0.1) is 11.4 Å². The highest BCUT2D eigenvalue weighted by molar-refractivity contribution is 6.20. The van der Waals surface area contributed by atoms with Crippen molar-refractivity contribution in [1.82, 2.24) is 0 Å². The van der Waals surface area contributed by atoms with Crippen molar-refractivity contribution in [2.24, 2.45) is 0 Å². The zero-order valence-corrected chi connectivity index (χ0v) is 27.0. The first-order chi connectivity index (χ1) is 23.6. The van der Waals surface area contributed by atoms with Gasteiger partial charge in [-0.25, -0.2) is 0 Å². The Morgan fingerprint density at radius 2 is 1.04 bits per heavy atom.